The lowest BCUT2D eigenvalue weighted by Crippen LogP contribution is -2.37. The van der Waals surface area contributed by atoms with Gasteiger partial charge in [-0.05, 0) is 17.2 Å². The van der Waals surface area contributed by atoms with Crippen molar-refractivity contribution in [3.8, 4) is 11.6 Å². The predicted octanol–water partition coefficient (Wildman–Crippen LogP) is 3.33. The van der Waals surface area contributed by atoms with Crippen molar-refractivity contribution in [3.05, 3.63) is 88.6 Å². The van der Waals surface area contributed by atoms with E-state index in [-0.39, 0.29) is 18.1 Å². The molecule has 0 aliphatic carbocycles. The lowest BCUT2D eigenvalue weighted by molar-refractivity contribution is -0.131. The quantitative estimate of drug-likeness (QED) is 0.485. The zero-order valence-electron chi connectivity index (χ0n) is 17.7. The highest BCUT2D eigenvalue weighted by molar-refractivity contribution is 5.79. The average Bonchev–Trinajstić information content (AvgIpc) is 3.40. The average molecular weight is 431 g/mol. The Bertz CT molecular complexity index is 1260. The Morgan fingerprint density at radius 2 is 1.91 bits per heavy atom. The van der Waals surface area contributed by atoms with Crippen molar-refractivity contribution in [1.29, 1.82) is 0 Å². The van der Waals surface area contributed by atoms with Gasteiger partial charge in [-0.25, -0.2) is 4.39 Å². The molecule has 32 heavy (non-hydrogen) atoms. The minimum atomic E-state index is -0.363. The van der Waals surface area contributed by atoms with Crippen LogP contribution in [0.5, 0.6) is 0 Å². The van der Waals surface area contributed by atoms with E-state index in [9.17, 15) is 9.18 Å². The molecule has 0 bridgehead atoms. The van der Waals surface area contributed by atoms with E-state index in [1.807, 2.05) is 42.1 Å². The number of carbonyl (C=O) groups excluding carboxylic acids is 1. The van der Waals surface area contributed by atoms with Crippen LogP contribution in [0, 0.1) is 5.82 Å². The third-order valence-corrected chi connectivity index (χ3v) is 5.77. The van der Waals surface area contributed by atoms with Crippen molar-refractivity contribution in [2.24, 2.45) is 7.05 Å². The first kappa shape index (κ1) is 20.1. The molecule has 0 atom stereocenters. The largest absolute Gasteiger partial charge is 0.338 e. The summed E-state index contributed by atoms with van der Waals surface area (Å²) in [7, 11) is 1.88. The molecule has 2 aromatic heterocycles. The standard InChI is InChI=1S/C24H22FN5O2/c1-29-20-11-12-30(22(31)14-17-9-5-6-10-19(17)25)15-18(20)23(27-29)24-26-21(28-32-24)13-16-7-3-2-4-8-16/h2-10H,11-15H2,1H3. The number of fused-ring (bicyclic) bond motifs is 1. The number of halogens is 1. The number of aromatic nitrogens is 4. The van der Waals surface area contributed by atoms with Gasteiger partial charge in [0.05, 0.1) is 6.42 Å². The zero-order valence-corrected chi connectivity index (χ0v) is 17.7. The molecule has 0 saturated heterocycles. The summed E-state index contributed by atoms with van der Waals surface area (Å²) in [6, 6.07) is 16.3. The minimum absolute atomic E-state index is 0.0272. The molecule has 5 rings (SSSR count). The highest BCUT2D eigenvalue weighted by Gasteiger charge is 2.29. The molecule has 4 aromatic rings. The predicted molar refractivity (Wildman–Crippen MR) is 115 cm³/mol. The van der Waals surface area contributed by atoms with Crippen molar-refractivity contribution in [3.63, 3.8) is 0 Å². The Labute approximate surface area is 184 Å². The molecule has 0 fully saturated rings. The van der Waals surface area contributed by atoms with Crippen LogP contribution in [0.25, 0.3) is 11.6 Å². The number of hydrogen-bond donors (Lipinski definition) is 0. The van der Waals surface area contributed by atoms with Crippen LogP contribution in [0.4, 0.5) is 4.39 Å². The molecule has 1 aliphatic heterocycles. The Balaban J connectivity index is 1.37. The fourth-order valence-corrected chi connectivity index (χ4v) is 4.09. The summed E-state index contributed by atoms with van der Waals surface area (Å²) in [4.78, 5) is 19.1. The Morgan fingerprint density at radius 1 is 1.12 bits per heavy atom. The van der Waals surface area contributed by atoms with Crippen LogP contribution in [-0.2, 0) is 37.6 Å². The minimum Gasteiger partial charge on any atom is -0.338 e. The van der Waals surface area contributed by atoms with E-state index in [1.165, 1.54) is 6.07 Å². The van der Waals surface area contributed by atoms with Gasteiger partial charge in [-0.1, -0.05) is 53.7 Å². The van der Waals surface area contributed by atoms with Crippen LogP contribution in [0.15, 0.2) is 59.1 Å². The molecular weight excluding hydrogens is 409 g/mol. The van der Waals surface area contributed by atoms with Gasteiger partial charge in [-0.15, -0.1) is 0 Å². The van der Waals surface area contributed by atoms with Gasteiger partial charge in [0, 0.05) is 44.2 Å². The molecular formula is C24H22FN5O2. The molecule has 0 radical (unpaired) electrons. The number of rotatable bonds is 5. The molecule has 1 amide bonds. The molecule has 0 spiro atoms. The van der Waals surface area contributed by atoms with E-state index in [4.69, 9.17) is 4.52 Å². The lowest BCUT2D eigenvalue weighted by Gasteiger charge is -2.27. The SMILES string of the molecule is Cn1nc(-c2nc(Cc3ccccc3)no2)c2c1CCN(C(=O)Cc1ccccc1F)C2. The van der Waals surface area contributed by atoms with Crippen LogP contribution in [0.2, 0.25) is 0 Å². The number of benzene rings is 2. The monoisotopic (exact) mass is 431 g/mol. The van der Waals surface area contributed by atoms with Crippen molar-refractivity contribution in [2.45, 2.75) is 25.8 Å². The summed E-state index contributed by atoms with van der Waals surface area (Å²) < 4.78 is 21.3. The van der Waals surface area contributed by atoms with Crippen molar-refractivity contribution >= 4 is 5.91 Å². The normalized spacial score (nSPS) is 13.2. The van der Waals surface area contributed by atoms with Crippen LogP contribution >= 0.6 is 0 Å². The van der Waals surface area contributed by atoms with E-state index in [1.54, 1.807) is 23.1 Å². The molecule has 0 unspecified atom stereocenters. The molecule has 8 heteroatoms. The van der Waals surface area contributed by atoms with Gasteiger partial charge >= 0.3 is 0 Å². The zero-order chi connectivity index (χ0) is 22.1. The van der Waals surface area contributed by atoms with E-state index in [2.05, 4.69) is 15.2 Å². The number of nitrogens with zero attached hydrogens (tertiary/aromatic N) is 5. The van der Waals surface area contributed by atoms with Crippen LogP contribution < -0.4 is 0 Å². The fourth-order valence-electron chi connectivity index (χ4n) is 4.09. The van der Waals surface area contributed by atoms with E-state index in [0.717, 1.165) is 16.8 Å². The van der Waals surface area contributed by atoms with Crippen molar-refractivity contribution < 1.29 is 13.7 Å². The second kappa shape index (κ2) is 8.37. The van der Waals surface area contributed by atoms with Crippen LogP contribution in [0.1, 0.15) is 28.2 Å². The van der Waals surface area contributed by atoms with Crippen LogP contribution in [-0.4, -0.2) is 37.3 Å². The first-order valence-electron chi connectivity index (χ1n) is 10.5. The Hall–Kier alpha value is -3.81. The van der Waals surface area contributed by atoms with Gasteiger partial charge in [0.15, 0.2) is 11.5 Å². The highest BCUT2D eigenvalue weighted by atomic mass is 19.1. The summed E-state index contributed by atoms with van der Waals surface area (Å²) in [6.45, 7) is 0.935. The number of aryl methyl sites for hydroxylation is 1. The van der Waals surface area contributed by atoms with Gasteiger partial charge in [0.25, 0.3) is 5.89 Å². The molecule has 1 aliphatic rings. The Kier molecular flexibility index (Phi) is 5.26. The summed E-state index contributed by atoms with van der Waals surface area (Å²) >= 11 is 0. The summed E-state index contributed by atoms with van der Waals surface area (Å²) in [5.41, 5.74) is 4.02. The summed E-state index contributed by atoms with van der Waals surface area (Å²) in [5.74, 6) is 0.438. The second-order valence-electron chi connectivity index (χ2n) is 7.91. The molecule has 7 nitrogen and oxygen atoms in total. The molecule has 2 aromatic carbocycles. The number of amides is 1. The smallest absolute Gasteiger partial charge is 0.278 e. The van der Waals surface area contributed by atoms with Crippen LogP contribution in [0.3, 0.4) is 0 Å². The maximum atomic E-state index is 14.0. The highest BCUT2D eigenvalue weighted by Crippen LogP contribution is 2.29. The lowest BCUT2D eigenvalue weighted by atomic mass is 10.0. The molecule has 162 valence electrons. The summed E-state index contributed by atoms with van der Waals surface area (Å²) in [5, 5.41) is 8.71. The fraction of sp³-hybridized carbons (Fsp3) is 0.250. The maximum Gasteiger partial charge on any atom is 0.278 e. The topological polar surface area (TPSA) is 77.1 Å². The van der Waals surface area contributed by atoms with Crippen molar-refractivity contribution in [1.82, 2.24) is 24.8 Å². The van der Waals surface area contributed by atoms with Gasteiger partial charge in [0.1, 0.15) is 5.82 Å². The first-order chi connectivity index (χ1) is 15.6. The third kappa shape index (κ3) is 3.91. The Morgan fingerprint density at radius 3 is 2.72 bits per heavy atom. The van der Waals surface area contributed by atoms with Gasteiger partial charge in [-0.3, -0.25) is 9.48 Å². The van der Waals surface area contributed by atoms with E-state index >= 15 is 0 Å². The molecule has 3 heterocycles. The third-order valence-electron chi connectivity index (χ3n) is 5.77. The number of carbonyl (C=O) groups is 1. The molecule has 0 N–H and O–H groups in total. The maximum absolute atomic E-state index is 14.0. The first-order valence-corrected chi connectivity index (χ1v) is 10.5. The van der Waals surface area contributed by atoms with Crippen molar-refractivity contribution in [2.75, 3.05) is 6.54 Å². The summed E-state index contributed by atoms with van der Waals surface area (Å²) in [6.07, 6.45) is 1.25. The number of hydrogen-bond acceptors (Lipinski definition) is 5. The van der Waals surface area contributed by atoms with Gasteiger partial charge in [-0.2, -0.15) is 10.1 Å². The van der Waals surface area contributed by atoms with E-state index < -0.39 is 0 Å². The van der Waals surface area contributed by atoms with Gasteiger partial charge in [0.2, 0.25) is 5.91 Å². The van der Waals surface area contributed by atoms with E-state index in [0.29, 0.717) is 48.9 Å². The molecule has 0 saturated carbocycles. The second-order valence-corrected chi connectivity index (χ2v) is 7.91. The van der Waals surface area contributed by atoms with Gasteiger partial charge < -0.3 is 9.42 Å².